The summed E-state index contributed by atoms with van der Waals surface area (Å²) in [5.41, 5.74) is 2.81. The number of aromatic nitrogens is 4. The van der Waals surface area contributed by atoms with E-state index in [0.29, 0.717) is 36.3 Å². The van der Waals surface area contributed by atoms with E-state index in [2.05, 4.69) is 34.4 Å². The lowest BCUT2D eigenvalue weighted by atomic mass is 10.0. The molecule has 3 heterocycles. The maximum atomic E-state index is 12.5. The molecule has 170 valence electrons. The number of nitrogens with zero attached hydrogens (tertiary/aromatic N) is 4. The summed E-state index contributed by atoms with van der Waals surface area (Å²) in [5, 5.41) is 11.2. The lowest BCUT2D eigenvalue weighted by molar-refractivity contribution is -0.116. The average Bonchev–Trinajstić information content (AvgIpc) is 3.45. The Morgan fingerprint density at radius 3 is 2.69 bits per heavy atom. The summed E-state index contributed by atoms with van der Waals surface area (Å²) in [6.07, 6.45) is 0.949. The van der Waals surface area contributed by atoms with Gasteiger partial charge in [-0.15, -0.1) is 0 Å². The van der Waals surface area contributed by atoms with Gasteiger partial charge >= 0.3 is 0 Å². The number of amides is 1. The minimum absolute atomic E-state index is 0.0416. The van der Waals surface area contributed by atoms with Crippen molar-refractivity contribution < 1.29 is 17.7 Å². The molecule has 1 aliphatic heterocycles. The van der Waals surface area contributed by atoms with E-state index < -0.39 is 9.84 Å². The van der Waals surface area contributed by atoms with E-state index >= 15 is 0 Å². The van der Waals surface area contributed by atoms with E-state index in [1.807, 2.05) is 31.2 Å². The van der Waals surface area contributed by atoms with Crippen LogP contribution in [0.3, 0.4) is 0 Å². The number of anilines is 1. The summed E-state index contributed by atoms with van der Waals surface area (Å²) < 4.78 is 30.5. The second-order valence-electron chi connectivity index (χ2n) is 8.51. The molecule has 0 spiro atoms. The first-order valence-corrected chi connectivity index (χ1v) is 12.5. The zero-order valence-electron chi connectivity index (χ0n) is 18.4. The van der Waals surface area contributed by atoms with Crippen LogP contribution in [0.1, 0.15) is 55.8 Å². The zero-order chi connectivity index (χ0) is 22.9. The second-order valence-corrected chi connectivity index (χ2v) is 10.7. The summed E-state index contributed by atoms with van der Waals surface area (Å²) in [6, 6.07) is 9.50. The molecular weight excluding hydrogens is 430 g/mol. The number of hydrogen-bond acceptors (Lipinski definition) is 7. The highest BCUT2D eigenvalue weighted by Crippen LogP contribution is 2.27. The third-order valence-electron chi connectivity index (χ3n) is 5.55. The lowest BCUT2D eigenvalue weighted by Gasteiger charge is -2.13. The van der Waals surface area contributed by atoms with Crippen LogP contribution >= 0.6 is 0 Å². The maximum absolute atomic E-state index is 12.5. The van der Waals surface area contributed by atoms with E-state index in [1.54, 1.807) is 10.7 Å². The van der Waals surface area contributed by atoms with Crippen molar-refractivity contribution >= 4 is 21.6 Å². The smallest absolute Gasteiger partial charge is 0.227 e. The fraction of sp³-hybridized carbons (Fsp3) is 0.455. The molecule has 1 unspecified atom stereocenters. The SMILES string of the molecule is Cc1cc(NC(=O)CCc2nc(-c3ccc(C(C)C)cc3)no2)n(C2CCS(=O)(=O)C2)n1. The van der Waals surface area contributed by atoms with Gasteiger partial charge < -0.3 is 9.84 Å². The molecule has 0 saturated carbocycles. The van der Waals surface area contributed by atoms with E-state index in [0.717, 1.165) is 11.3 Å². The number of aryl methyl sites for hydroxylation is 2. The Morgan fingerprint density at radius 1 is 1.28 bits per heavy atom. The first kappa shape index (κ1) is 22.2. The van der Waals surface area contributed by atoms with Gasteiger partial charge in [0.25, 0.3) is 0 Å². The zero-order valence-corrected chi connectivity index (χ0v) is 19.2. The topological polar surface area (TPSA) is 120 Å². The van der Waals surface area contributed by atoms with Crippen molar-refractivity contribution in [2.45, 2.75) is 52.0 Å². The molecule has 1 amide bonds. The number of sulfone groups is 1. The Kier molecular flexibility index (Phi) is 6.14. The van der Waals surface area contributed by atoms with Crippen LogP contribution in [0.2, 0.25) is 0 Å². The van der Waals surface area contributed by atoms with Crippen LogP contribution in [-0.4, -0.2) is 45.8 Å². The van der Waals surface area contributed by atoms with Gasteiger partial charge in [-0.25, -0.2) is 13.1 Å². The summed E-state index contributed by atoms with van der Waals surface area (Å²) >= 11 is 0. The molecule has 9 nitrogen and oxygen atoms in total. The quantitative estimate of drug-likeness (QED) is 0.578. The second kappa shape index (κ2) is 8.85. The molecular formula is C22H27N5O4S. The third-order valence-corrected chi connectivity index (χ3v) is 7.30. The number of nitrogens with one attached hydrogen (secondary N) is 1. The normalized spacial score (nSPS) is 17.7. The standard InChI is InChI=1S/C22H27N5O4S/c1-14(2)16-4-6-17(7-5-16)22-24-21(31-26-22)9-8-20(28)23-19-12-15(3)25-27(19)18-10-11-32(29,30)13-18/h4-7,12,14,18H,8-11,13H2,1-3H3,(H,23,28). The molecule has 1 aliphatic rings. The van der Waals surface area contributed by atoms with Gasteiger partial charge in [-0.1, -0.05) is 43.3 Å². The van der Waals surface area contributed by atoms with Gasteiger partial charge in [0.2, 0.25) is 17.6 Å². The minimum atomic E-state index is -3.05. The van der Waals surface area contributed by atoms with Crippen LogP contribution in [0.5, 0.6) is 0 Å². The Morgan fingerprint density at radius 2 is 2.03 bits per heavy atom. The highest BCUT2D eigenvalue weighted by molar-refractivity contribution is 7.91. The van der Waals surface area contributed by atoms with Crippen molar-refractivity contribution in [3.63, 3.8) is 0 Å². The first-order valence-electron chi connectivity index (χ1n) is 10.7. The van der Waals surface area contributed by atoms with Gasteiger partial charge in [-0.2, -0.15) is 10.1 Å². The van der Waals surface area contributed by atoms with E-state index in [-0.39, 0.29) is 29.9 Å². The molecule has 10 heteroatoms. The third kappa shape index (κ3) is 5.07. The van der Waals surface area contributed by atoms with Crippen molar-refractivity contribution in [1.29, 1.82) is 0 Å². The Balaban J connectivity index is 1.36. The molecule has 3 aromatic rings. The minimum Gasteiger partial charge on any atom is -0.339 e. The van der Waals surface area contributed by atoms with Gasteiger partial charge in [-0.3, -0.25) is 4.79 Å². The van der Waals surface area contributed by atoms with Crippen LogP contribution in [0.25, 0.3) is 11.4 Å². The molecule has 0 aliphatic carbocycles. The molecule has 0 radical (unpaired) electrons. The number of carbonyl (C=O) groups is 1. The van der Waals surface area contributed by atoms with Gasteiger partial charge in [-0.05, 0) is 24.8 Å². The van der Waals surface area contributed by atoms with Crippen molar-refractivity contribution in [1.82, 2.24) is 19.9 Å². The summed E-state index contributed by atoms with van der Waals surface area (Å²) in [5.74, 6) is 1.78. The van der Waals surface area contributed by atoms with E-state index in [4.69, 9.17) is 4.52 Å². The number of rotatable bonds is 7. The summed E-state index contributed by atoms with van der Waals surface area (Å²) in [7, 11) is -3.05. The number of carbonyl (C=O) groups excluding carboxylic acids is 1. The van der Waals surface area contributed by atoms with Crippen molar-refractivity contribution in [3.8, 4) is 11.4 Å². The molecule has 1 atom stereocenters. The summed E-state index contributed by atoms with van der Waals surface area (Å²) in [6.45, 7) is 6.08. The predicted octanol–water partition coefficient (Wildman–Crippen LogP) is 3.30. The van der Waals surface area contributed by atoms with Crippen LogP contribution in [0.4, 0.5) is 5.82 Å². The molecule has 1 fully saturated rings. The van der Waals surface area contributed by atoms with Crippen LogP contribution < -0.4 is 5.32 Å². The lowest BCUT2D eigenvalue weighted by Crippen LogP contribution is -2.19. The van der Waals surface area contributed by atoms with E-state index in [9.17, 15) is 13.2 Å². The summed E-state index contributed by atoms with van der Waals surface area (Å²) in [4.78, 5) is 16.9. The molecule has 32 heavy (non-hydrogen) atoms. The molecule has 4 rings (SSSR count). The Bertz CT molecular complexity index is 1210. The maximum Gasteiger partial charge on any atom is 0.227 e. The monoisotopic (exact) mass is 457 g/mol. The van der Waals surface area contributed by atoms with Crippen LogP contribution in [0.15, 0.2) is 34.9 Å². The number of hydrogen-bond donors (Lipinski definition) is 1. The van der Waals surface area contributed by atoms with E-state index in [1.165, 1.54) is 5.56 Å². The van der Waals surface area contributed by atoms with Crippen molar-refractivity contribution in [2.75, 3.05) is 16.8 Å². The Labute approximate surface area is 187 Å². The molecule has 1 N–H and O–H groups in total. The molecule has 1 saturated heterocycles. The molecule has 0 bridgehead atoms. The molecule has 1 aromatic carbocycles. The van der Waals surface area contributed by atoms with Gasteiger partial charge in [0.05, 0.1) is 23.2 Å². The van der Waals surface area contributed by atoms with Crippen LogP contribution in [-0.2, 0) is 21.1 Å². The fourth-order valence-corrected chi connectivity index (χ4v) is 5.47. The van der Waals surface area contributed by atoms with Crippen LogP contribution in [0, 0.1) is 6.92 Å². The predicted molar refractivity (Wildman–Crippen MR) is 120 cm³/mol. The average molecular weight is 458 g/mol. The molecule has 2 aromatic heterocycles. The van der Waals surface area contributed by atoms with Gasteiger partial charge in [0.15, 0.2) is 9.84 Å². The van der Waals surface area contributed by atoms with Gasteiger partial charge in [0.1, 0.15) is 5.82 Å². The number of benzene rings is 1. The van der Waals surface area contributed by atoms with Crippen molar-refractivity contribution in [2.24, 2.45) is 0 Å². The van der Waals surface area contributed by atoms with Crippen molar-refractivity contribution in [3.05, 3.63) is 47.5 Å². The highest BCUT2D eigenvalue weighted by atomic mass is 32.2. The Hall–Kier alpha value is -3.01. The fourth-order valence-electron chi connectivity index (χ4n) is 3.77. The van der Waals surface area contributed by atoms with Gasteiger partial charge in [0, 0.05) is 24.5 Å². The largest absolute Gasteiger partial charge is 0.339 e. The highest BCUT2D eigenvalue weighted by Gasteiger charge is 2.31. The first-order chi connectivity index (χ1) is 15.2.